The Bertz CT molecular complexity index is 3470. The summed E-state index contributed by atoms with van der Waals surface area (Å²) in [6.45, 7) is 0. The minimum absolute atomic E-state index is 0.270. The molecule has 0 N–H and O–H groups in total. The van der Waals surface area contributed by atoms with Crippen molar-refractivity contribution in [2.24, 2.45) is 0 Å². The number of hydrogen-bond acceptors (Lipinski definition) is 4. The fourth-order valence-electron chi connectivity index (χ4n) is 10.1. The molecule has 1 aliphatic heterocycles. The molecule has 0 fully saturated rings. The highest BCUT2D eigenvalue weighted by Crippen LogP contribution is 2.49. The monoisotopic (exact) mass is 820 g/mol. The Kier molecular flexibility index (Phi) is 8.31. The Hall–Kier alpha value is -8.34. The van der Waals surface area contributed by atoms with Crippen molar-refractivity contribution in [3.63, 3.8) is 0 Å². The Morgan fingerprint density at radius 3 is 1.45 bits per heavy atom. The van der Waals surface area contributed by atoms with Crippen LogP contribution in [0.25, 0.3) is 77.3 Å². The number of para-hydroxylation sites is 4. The SMILES string of the molecule is C1=C(c2ccc(N(c3ccc(-c4ccc5oc6ccccc6c5c4)cc3)c3ccc(-c4ccc5oc6ccccc6c5c4)cc3)cc2)C=C2c3ccccc3N(c3ccccc3)C2C1. The maximum Gasteiger partial charge on any atom is 0.135 e. The molecular weight excluding hydrogens is 781 g/mol. The largest absolute Gasteiger partial charge is 0.456 e. The first-order chi connectivity index (χ1) is 31.7. The van der Waals surface area contributed by atoms with Gasteiger partial charge in [0.1, 0.15) is 22.3 Å². The van der Waals surface area contributed by atoms with Gasteiger partial charge in [0.25, 0.3) is 0 Å². The van der Waals surface area contributed by atoms with Crippen LogP contribution in [0.5, 0.6) is 0 Å². The smallest absolute Gasteiger partial charge is 0.135 e. The van der Waals surface area contributed by atoms with Gasteiger partial charge in [0.2, 0.25) is 0 Å². The summed E-state index contributed by atoms with van der Waals surface area (Å²) in [4.78, 5) is 4.85. The van der Waals surface area contributed by atoms with Crippen molar-refractivity contribution < 1.29 is 8.83 Å². The maximum atomic E-state index is 6.14. The van der Waals surface area contributed by atoms with Gasteiger partial charge in [-0.15, -0.1) is 0 Å². The van der Waals surface area contributed by atoms with Gasteiger partial charge in [0, 0.05) is 55.5 Å². The lowest BCUT2D eigenvalue weighted by atomic mass is 9.89. The Morgan fingerprint density at radius 2 is 0.875 bits per heavy atom. The highest BCUT2D eigenvalue weighted by molar-refractivity contribution is 6.07. The summed E-state index contributed by atoms with van der Waals surface area (Å²) in [7, 11) is 0. The molecule has 2 aliphatic rings. The zero-order valence-corrected chi connectivity index (χ0v) is 34.9. The molecule has 0 bridgehead atoms. The standard InChI is InChI=1S/C60H40N2O2/c1-2-10-45(11-3-1)62-55-15-7-4-12-49(55)52-36-42(24-33-56(52)62)39-18-27-46(28-19-39)61(47-29-20-40(21-30-47)43-25-34-59-53(37-43)50-13-5-8-16-57(50)63-59)48-31-22-41(23-32-48)44-26-35-60-54(38-44)51-14-6-9-17-58(51)64-60/h1-32,34-38,56H,33H2. The number of fused-ring (bicyclic) bond motifs is 9. The zero-order chi connectivity index (χ0) is 42.1. The van der Waals surface area contributed by atoms with Crippen molar-refractivity contribution in [3.05, 3.63) is 236 Å². The fourth-order valence-corrected chi connectivity index (χ4v) is 10.1. The van der Waals surface area contributed by atoms with Gasteiger partial charge in [-0.25, -0.2) is 0 Å². The van der Waals surface area contributed by atoms with Gasteiger partial charge in [-0.2, -0.15) is 0 Å². The summed E-state index contributed by atoms with van der Waals surface area (Å²) in [5.41, 5.74) is 19.1. The van der Waals surface area contributed by atoms with E-state index in [-0.39, 0.29) is 6.04 Å². The quantitative estimate of drug-likeness (QED) is 0.160. The third-order valence-corrected chi connectivity index (χ3v) is 13.2. The van der Waals surface area contributed by atoms with Gasteiger partial charge in [0.15, 0.2) is 0 Å². The number of hydrogen-bond donors (Lipinski definition) is 0. The summed E-state index contributed by atoms with van der Waals surface area (Å²) in [6.07, 6.45) is 5.76. The summed E-state index contributed by atoms with van der Waals surface area (Å²) in [6, 6.07) is 76.3. The molecule has 13 rings (SSSR count). The highest BCUT2D eigenvalue weighted by atomic mass is 16.3. The van der Waals surface area contributed by atoms with Crippen LogP contribution in [0.1, 0.15) is 17.5 Å². The van der Waals surface area contributed by atoms with E-state index in [9.17, 15) is 0 Å². The van der Waals surface area contributed by atoms with E-state index in [1.807, 2.05) is 24.3 Å². The predicted molar refractivity (Wildman–Crippen MR) is 266 cm³/mol. The number of allylic oxidation sites excluding steroid dienone is 2. The first-order valence-corrected chi connectivity index (χ1v) is 22.0. The molecular formula is C60H40N2O2. The lowest BCUT2D eigenvalue weighted by Crippen LogP contribution is -2.27. The molecule has 1 aliphatic carbocycles. The third-order valence-electron chi connectivity index (χ3n) is 13.2. The first kappa shape index (κ1) is 36.3. The second kappa shape index (κ2) is 14.6. The molecule has 0 spiro atoms. The zero-order valence-electron chi connectivity index (χ0n) is 34.9. The minimum Gasteiger partial charge on any atom is -0.456 e. The molecule has 3 heterocycles. The molecule has 1 atom stereocenters. The topological polar surface area (TPSA) is 32.8 Å². The number of benzene rings is 9. The molecule has 4 heteroatoms. The summed E-state index contributed by atoms with van der Waals surface area (Å²) >= 11 is 0. The van der Waals surface area contributed by atoms with Crippen LogP contribution >= 0.6 is 0 Å². The molecule has 11 aromatic rings. The summed E-state index contributed by atoms with van der Waals surface area (Å²) in [5.74, 6) is 0. The van der Waals surface area contributed by atoms with Crippen LogP contribution in [0, 0.1) is 0 Å². The lowest BCUT2D eigenvalue weighted by Gasteiger charge is -2.29. The number of anilines is 5. The molecule has 1 unspecified atom stereocenters. The van der Waals surface area contributed by atoms with Gasteiger partial charge >= 0.3 is 0 Å². The second-order valence-corrected chi connectivity index (χ2v) is 16.8. The van der Waals surface area contributed by atoms with Crippen molar-refractivity contribution in [2.45, 2.75) is 12.5 Å². The molecule has 302 valence electrons. The number of rotatable bonds is 7. The van der Waals surface area contributed by atoms with Crippen molar-refractivity contribution in [3.8, 4) is 22.3 Å². The van der Waals surface area contributed by atoms with Gasteiger partial charge < -0.3 is 18.6 Å². The molecule has 0 amide bonds. The molecule has 4 nitrogen and oxygen atoms in total. The Labute approximate surface area is 370 Å². The summed E-state index contributed by atoms with van der Waals surface area (Å²) in [5, 5.41) is 4.52. The summed E-state index contributed by atoms with van der Waals surface area (Å²) < 4.78 is 12.3. The average molecular weight is 821 g/mol. The van der Waals surface area contributed by atoms with Crippen LogP contribution in [0.2, 0.25) is 0 Å². The van der Waals surface area contributed by atoms with Gasteiger partial charge in [-0.3, -0.25) is 0 Å². The molecule has 0 saturated carbocycles. The highest BCUT2D eigenvalue weighted by Gasteiger charge is 2.35. The van der Waals surface area contributed by atoms with Crippen LogP contribution in [-0.2, 0) is 0 Å². The van der Waals surface area contributed by atoms with Crippen LogP contribution in [0.4, 0.5) is 28.4 Å². The molecule has 64 heavy (non-hydrogen) atoms. The first-order valence-electron chi connectivity index (χ1n) is 22.0. The van der Waals surface area contributed by atoms with E-state index in [1.54, 1.807) is 0 Å². The van der Waals surface area contributed by atoms with Crippen LogP contribution in [-0.4, -0.2) is 6.04 Å². The molecule has 0 saturated heterocycles. The average Bonchev–Trinajstić information content (AvgIpc) is 4.04. The van der Waals surface area contributed by atoms with Crippen LogP contribution in [0.15, 0.2) is 233 Å². The van der Waals surface area contributed by atoms with Crippen molar-refractivity contribution >= 4 is 83.5 Å². The van der Waals surface area contributed by atoms with Gasteiger partial charge in [0.05, 0.1) is 6.04 Å². The fraction of sp³-hybridized carbons (Fsp3) is 0.0333. The Balaban J connectivity index is 0.855. The molecule has 2 aromatic heterocycles. The van der Waals surface area contributed by atoms with E-state index in [0.29, 0.717) is 0 Å². The second-order valence-electron chi connectivity index (χ2n) is 16.8. The lowest BCUT2D eigenvalue weighted by molar-refractivity contribution is 0.668. The Morgan fingerprint density at radius 1 is 0.406 bits per heavy atom. The normalized spacial score (nSPS) is 14.5. The number of nitrogens with zero attached hydrogens (tertiary/aromatic N) is 2. The van der Waals surface area contributed by atoms with Crippen molar-refractivity contribution in [1.29, 1.82) is 0 Å². The minimum atomic E-state index is 0.270. The van der Waals surface area contributed by atoms with Crippen LogP contribution in [0.3, 0.4) is 0 Å². The van der Waals surface area contributed by atoms with E-state index < -0.39 is 0 Å². The van der Waals surface area contributed by atoms with Gasteiger partial charge in [-0.1, -0.05) is 127 Å². The maximum absolute atomic E-state index is 6.14. The van der Waals surface area contributed by atoms with E-state index in [4.69, 9.17) is 8.83 Å². The van der Waals surface area contributed by atoms with Crippen molar-refractivity contribution in [1.82, 2.24) is 0 Å². The molecule has 0 radical (unpaired) electrons. The van der Waals surface area contributed by atoms with E-state index >= 15 is 0 Å². The van der Waals surface area contributed by atoms with Crippen molar-refractivity contribution in [2.75, 3.05) is 9.80 Å². The number of furan rings is 2. The van der Waals surface area contributed by atoms with E-state index in [2.05, 4.69) is 210 Å². The van der Waals surface area contributed by atoms with Crippen LogP contribution < -0.4 is 9.80 Å². The molecule has 9 aromatic carbocycles. The van der Waals surface area contributed by atoms with E-state index in [0.717, 1.165) is 89.6 Å². The van der Waals surface area contributed by atoms with E-state index in [1.165, 1.54) is 33.6 Å². The van der Waals surface area contributed by atoms with Gasteiger partial charge in [-0.05, 0) is 142 Å². The third kappa shape index (κ3) is 5.99. The predicted octanol–water partition coefficient (Wildman–Crippen LogP) is 16.7.